The summed E-state index contributed by atoms with van der Waals surface area (Å²) in [6.07, 6.45) is 9.09. The predicted octanol–water partition coefficient (Wildman–Crippen LogP) is 1.19. The van der Waals surface area contributed by atoms with E-state index in [-0.39, 0.29) is 11.9 Å². The highest BCUT2D eigenvalue weighted by atomic mass is 16.2. The number of amides is 1. The van der Waals surface area contributed by atoms with Gasteiger partial charge in [0.05, 0.1) is 24.1 Å². The Morgan fingerprint density at radius 2 is 2.23 bits per heavy atom. The van der Waals surface area contributed by atoms with Gasteiger partial charge >= 0.3 is 0 Å². The lowest BCUT2D eigenvalue weighted by Crippen LogP contribution is -2.37. The monoisotopic (exact) mass is 297 g/mol. The number of aromatic nitrogens is 3. The molecule has 6 heteroatoms. The molecule has 2 saturated heterocycles. The summed E-state index contributed by atoms with van der Waals surface area (Å²) in [4.78, 5) is 21.0. The molecule has 4 heterocycles. The Kier molecular flexibility index (Phi) is 3.18. The molecule has 0 aliphatic carbocycles. The summed E-state index contributed by atoms with van der Waals surface area (Å²) in [5.41, 5.74) is 2.12. The molecule has 0 N–H and O–H groups in total. The van der Waals surface area contributed by atoms with Gasteiger partial charge in [-0.1, -0.05) is 0 Å². The van der Waals surface area contributed by atoms with Crippen molar-refractivity contribution in [3.8, 4) is 0 Å². The van der Waals surface area contributed by atoms with Gasteiger partial charge < -0.3 is 4.90 Å². The third-order valence-corrected chi connectivity index (χ3v) is 4.68. The van der Waals surface area contributed by atoms with Gasteiger partial charge in [-0.15, -0.1) is 0 Å². The van der Waals surface area contributed by atoms with E-state index in [1.54, 1.807) is 12.4 Å². The van der Waals surface area contributed by atoms with E-state index >= 15 is 0 Å². The first-order valence-electron chi connectivity index (χ1n) is 7.66. The Labute approximate surface area is 129 Å². The second-order valence-electron chi connectivity index (χ2n) is 6.10. The van der Waals surface area contributed by atoms with Gasteiger partial charge in [0, 0.05) is 50.6 Å². The van der Waals surface area contributed by atoms with E-state index in [1.807, 2.05) is 41.2 Å². The smallest absolute Gasteiger partial charge is 0.229 e. The lowest BCUT2D eigenvalue weighted by molar-refractivity contribution is -0.117. The molecule has 22 heavy (non-hydrogen) atoms. The Bertz CT molecular complexity index is 683. The molecule has 0 saturated carbocycles. The van der Waals surface area contributed by atoms with Gasteiger partial charge in [0.25, 0.3) is 0 Å². The number of nitrogens with zero attached hydrogens (tertiary/aromatic N) is 5. The first kappa shape index (κ1) is 13.5. The van der Waals surface area contributed by atoms with Crippen molar-refractivity contribution in [3.63, 3.8) is 0 Å². The number of rotatable bonds is 3. The van der Waals surface area contributed by atoms with Gasteiger partial charge in [0.15, 0.2) is 0 Å². The van der Waals surface area contributed by atoms with Gasteiger partial charge in [-0.2, -0.15) is 5.10 Å². The Balaban J connectivity index is 1.54. The minimum absolute atomic E-state index is 0.207. The summed E-state index contributed by atoms with van der Waals surface area (Å²) < 4.78 is 1.82. The van der Waals surface area contributed by atoms with Crippen LogP contribution in [-0.4, -0.2) is 44.2 Å². The Morgan fingerprint density at radius 3 is 2.95 bits per heavy atom. The Hall–Kier alpha value is -2.21. The van der Waals surface area contributed by atoms with Gasteiger partial charge in [0.1, 0.15) is 0 Å². The molecule has 2 aromatic heterocycles. The quantitative estimate of drug-likeness (QED) is 0.854. The molecule has 2 aromatic rings. The van der Waals surface area contributed by atoms with Crippen molar-refractivity contribution in [2.45, 2.75) is 31.5 Å². The zero-order chi connectivity index (χ0) is 15.1. The number of fused-ring (bicyclic) bond motifs is 1. The first-order chi connectivity index (χ1) is 10.7. The fraction of sp³-hybridized carbons (Fsp3) is 0.438. The lowest BCUT2D eigenvalue weighted by atomic mass is 10.1. The number of hydrogen-bond acceptors (Lipinski definition) is 4. The van der Waals surface area contributed by atoms with E-state index in [9.17, 15) is 4.79 Å². The molecule has 2 aliphatic rings. The fourth-order valence-corrected chi connectivity index (χ4v) is 3.74. The van der Waals surface area contributed by atoms with E-state index in [2.05, 4.69) is 15.0 Å². The number of likely N-dealkylation sites (tertiary alicyclic amines) is 1. The third kappa shape index (κ3) is 2.20. The molecule has 4 rings (SSSR count). The molecule has 0 radical (unpaired) electrons. The summed E-state index contributed by atoms with van der Waals surface area (Å²) >= 11 is 0. The number of carbonyl (C=O) groups is 1. The molecular weight excluding hydrogens is 278 g/mol. The highest BCUT2D eigenvalue weighted by Crippen LogP contribution is 2.36. The minimum atomic E-state index is 0.207. The van der Waals surface area contributed by atoms with E-state index in [0.29, 0.717) is 12.5 Å². The minimum Gasteiger partial charge on any atom is -0.306 e. The first-order valence-corrected chi connectivity index (χ1v) is 7.66. The molecule has 1 amide bonds. The second-order valence-corrected chi connectivity index (χ2v) is 6.10. The standard InChI is InChI=1S/C16H19N5O/c1-19-10-12(8-18-19)11-20-6-4-14-15(20)7-16(22)21(14)13-3-2-5-17-9-13/h2-3,5,8-10,14-15H,4,6-7,11H2,1H3/t14-,15+/m1/s1. The van der Waals surface area contributed by atoms with Crippen LogP contribution < -0.4 is 4.90 Å². The second kappa shape index (κ2) is 5.21. The molecule has 2 atom stereocenters. The molecular formula is C16H19N5O. The van der Waals surface area contributed by atoms with Gasteiger partial charge in [0.2, 0.25) is 5.91 Å². The number of hydrogen-bond donors (Lipinski definition) is 0. The molecule has 6 nitrogen and oxygen atoms in total. The van der Waals surface area contributed by atoms with Crippen LogP contribution in [0.5, 0.6) is 0 Å². The van der Waals surface area contributed by atoms with Crippen molar-refractivity contribution in [2.24, 2.45) is 7.05 Å². The van der Waals surface area contributed by atoms with Crippen molar-refractivity contribution in [2.75, 3.05) is 11.4 Å². The fourth-order valence-electron chi connectivity index (χ4n) is 3.74. The summed E-state index contributed by atoms with van der Waals surface area (Å²) in [6, 6.07) is 4.43. The Morgan fingerprint density at radius 1 is 1.32 bits per heavy atom. The van der Waals surface area contributed by atoms with Crippen molar-refractivity contribution in [1.82, 2.24) is 19.7 Å². The van der Waals surface area contributed by atoms with Crippen LogP contribution in [0.15, 0.2) is 36.9 Å². The van der Waals surface area contributed by atoms with Crippen LogP contribution in [0.2, 0.25) is 0 Å². The van der Waals surface area contributed by atoms with E-state index < -0.39 is 0 Å². The maximum Gasteiger partial charge on any atom is 0.229 e. The summed E-state index contributed by atoms with van der Waals surface area (Å²) in [6.45, 7) is 1.89. The average Bonchev–Trinajstić information content (AvgIpc) is 3.17. The zero-order valence-electron chi connectivity index (χ0n) is 12.6. The lowest BCUT2D eigenvalue weighted by Gasteiger charge is -2.25. The van der Waals surface area contributed by atoms with Crippen LogP contribution in [0, 0.1) is 0 Å². The van der Waals surface area contributed by atoms with E-state index in [0.717, 1.165) is 25.2 Å². The highest BCUT2D eigenvalue weighted by Gasteiger charge is 2.47. The molecule has 2 fully saturated rings. The number of pyridine rings is 1. The molecule has 114 valence electrons. The largest absolute Gasteiger partial charge is 0.306 e. The summed E-state index contributed by atoms with van der Waals surface area (Å²) in [7, 11) is 1.93. The zero-order valence-corrected chi connectivity index (χ0v) is 12.6. The molecule has 2 aliphatic heterocycles. The van der Waals surface area contributed by atoms with Gasteiger partial charge in [-0.05, 0) is 18.6 Å². The van der Waals surface area contributed by atoms with Crippen LogP contribution in [0.3, 0.4) is 0 Å². The normalized spacial score (nSPS) is 25.0. The van der Waals surface area contributed by atoms with Crippen LogP contribution in [-0.2, 0) is 18.4 Å². The average molecular weight is 297 g/mol. The molecule has 0 bridgehead atoms. The van der Waals surface area contributed by atoms with Crippen molar-refractivity contribution in [3.05, 3.63) is 42.5 Å². The predicted molar refractivity (Wildman–Crippen MR) is 82.2 cm³/mol. The van der Waals surface area contributed by atoms with Crippen molar-refractivity contribution in [1.29, 1.82) is 0 Å². The number of anilines is 1. The number of carbonyl (C=O) groups excluding carboxylic acids is 1. The van der Waals surface area contributed by atoms with Gasteiger partial charge in [-0.25, -0.2) is 0 Å². The van der Waals surface area contributed by atoms with Gasteiger partial charge in [-0.3, -0.25) is 19.4 Å². The van der Waals surface area contributed by atoms with E-state index in [4.69, 9.17) is 0 Å². The molecule has 0 spiro atoms. The van der Waals surface area contributed by atoms with Crippen LogP contribution in [0.1, 0.15) is 18.4 Å². The van der Waals surface area contributed by atoms with Crippen LogP contribution in [0.25, 0.3) is 0 Å². The maximum atomic E-state index is 12.4. The van der Waals surface area contributed by atoms with Crippen molar-refractivity contribution < 1.29 is 4.79 Å². The highest BCUT2D eigenvalue weighted by molar-refractivity contribution is 5.97. The molecule has 0 aromatic carbocycles. The molecule has 0 unspecified atom stereocenters. The third-order valence-electron chi connectivity index (χ3n) is 4.68. The summed E-state index contributed by atoms with van der Waals surface area (Å²) in [5, 5.41) is 4.23. The van der Waals surface area contributed by atoms with Crippen LogP contribution in [0.4, 0.5) is 5.69 Å². The van der Waals surface area contributed by atoms with Crippen LogP contribution >= 0.6 is 0 Å². The van der Waals surface area contributed by atoms with E-state index in [1.165, 1.54) is 5.56 Å². The topological polar surface area (TPSA) is 54.3 Å². The van der Waals surface area contributed by atoms with Crippen molar-refractivity contribution >= 4 is 11.6 Å². The SMILES string of the molecule is Cn1cc(CN2CC[C@@H]3[C@@H]2CC(=O)N3c2cccnc2)cn1. The number of aryl methyl sites for hydroxylation is 1. The maximum absolute atomic E-state index is 12.4. The summed E-state index contributed by atoms with van der Waals surface area (Å²) in [5.74, 6) is 0.207.